The minimum atomic E-state index is 0.535. The Morgan fingerprint density at radius 2 is 1.80 bits per heavy atom. The molecule has 25 heavy (non-hydrogen) atoms. The van der Waals surface area contributed by atoms with Gasteiger partial charge in [-0.2, -0.15) is 0 Å². The summed E-state index contributed by atoms with van der Waals surface area (Å²) >= 11 is 0. The minimum absolute atomic E-state index is 0.535. The van der Waals surface area contributed by atoms with Crippen molar-refractivity contribution in [3.63, 3.8) is 0 Å². The molecule has 1 aliphatic carbocycles. The second-order valence-electron chi connectivity index (χ2n) is 8.21. The molecule has 0 aromatic carbocycles. The van der Waals surface area contributed by atoms with Gasteiger partial charge in [0.1, 0.15) is 0 Å². The standard InChI is InChI=1S/C20H31N5/c1-23-10-12-25(13-11-23)19-21-14-18(15-22-19)16-24-9-5-8-20(17-24)6-3-2-4-7-20/h2-3,14-15H,4-13,16-17H2,1H3/t20-/m0/s1. The number of hydrogen-bond acceptors (Lipinski definition) is 5. The number of likely N-dealkylation sites (tertiary alicyclic amines) is 1. The van der Waals surface area contributed by atoms with Crippen LogP contribution >= 0.6 is 0 Å². The van der Waals surface area contributed by atoms with Gasteiger partial charge >= 0.3 is 0 Å². The molecule has 0 saturated carbocycles. The maximum absolute atomic E-state index is 4.66. The predicted octanol–water partition coefficient (Wildman–Crippen LogP) is 2.55. The summed E-state index contributed by atoms with van der Waals surface area (Å²) in [5.41, 5.74) is 1.79. The van der Waals surface area contributed by atoms with E-state index < -0.39 is 0 Å². The third-order valence-electron chi connectivity index (χ3n) is 6.18. The average Bonchev–Trinajstić information content (AvgIpc) is 2.64. The first kappa shape index (κ1) is 17.0. The van der Waals surface area contributed by atoms with Crippen molar-refractivity contribution in [1.82, 2.24) is 19.8 Å². The zero-order chi connectivity index (χ0) is 17.1. The summed E-state index contributed by atoms with van der Waals surface area (Å²) in [7, 11) is 2.18. The van der Waals surface area contributed by atoms with Gasteiger partial charge in [0.2, 0.25) is 5.95 Å². The smallest absolute Gasteiger partial charge is 0.225 e. The molecule has 5 nitrogen and oxygen atoms in total. The topological polar surface area (TPSA) is 35.5 Å². The van der Waals surface area contributed by atoms with E-state index in [0.717, 1.165) is 38.7 Å². The van der Waals surface area contributed by atoms with Crippen LogP contribution in [0, 0.1) is 5.41 Å². The van der Waals surface area contributed by atoms with Crippen LogP contribution in [0.25, 0.3) is 0 Å². The second-order valence-corrected chi connectivity index (χ2v) is 8.21. The molecule has 0 radical (unpaired) electrons. The van der Waals surface area contributed by atoms with Gasteiger partial charge < -0.3 is 9.80 Å². The summed E-state index contributed by atoms with van der Waals surface area (Å²) in [6, 6.07) is 0. The monoisotopic (exact) mass is 341 g/mol. The normalized spacial score (nSPS) is 28.6. The van der Waals surface area contributed by atoms with Crippen LogP contribution in [-0.2, 0) is 6.54 Å². The van der Waals surface area contributed by atoms with Gasteiger partial charge in [-0.05, 0) is 51.1 Å². The van der Waals surface area contributed by atoms with Crippen molar-refractivity contribution in [2.24, 2.45) is 5.41 Å². The number of aromatic nitrogens is 2. The SMILES string of the molecule is CN1CCN(c2ncc(CN3CCC[C@@]4(CC=CCC4)C3)cn2)CC1. The van der Waals surface area contributed by atoms with Crippen LogP contribution in [0.5, 0.6) is 0 Å². The first-order chi connectivity index (χ1) is 12.2. The van der Waals surface area contributed by atoms with Crippen molar-refractivity contribution in [2.75, 3.05) is 51.2 Å². The molecule has 1 aromatic heterocycles. The molecule has 2 saturated heterocycles. The van der Waals surface area contributed by atoms with E-state index in [-0.39, 0.29) is 0 Å². The lowest BCUT2D eigenvalue weighted by molar-refractivity contribution is 0.0739. The maximum atomic E-state index is 4.66. The molecule has 5 heteroatoms. The average molecular weight is 342 g/mol. The quantitative estimate of drug-likeness (QED) is 0.790. The number of nitrogens with zero attached hydrogens (tertiary/aromatic N) is 5. The molecule has 0 amide bonds. The summed E-state index contributed by atoms with van der Waals surface area (Å²) in [6.45, 7) is 7.68. The van der Waals surface area contributed by atoms with Gasteiger partial charge in [0.15, 0.2) is 0 Å². The molecule has 0 unspecified atom stereocenters. The lowest BCUT2D eigenvalue weighted by Gasteiger charge is -2.44. The van der Waals surface area contributed by atoms with Crippen LogP contribution in [0.4, 0.5) is 5.95 Å². The molecule has 1 aromatic rings. The Bertz CT molecular complexity index is 591. The van der Waals surface area contributed by atoms with E-state index in [1.807, 2.05) is 12.4 Å². The van der Waals surface area contributed by atoms with E-state index in [9.17, 15) is 0 Å². The second kappa shape index (κ2) is 7.42. The highest BCUT2D eigenvalue weighted by Gasteiger charge is 2.35. The third-order valence-corrected chi connectivity index (χ3v) is 6.18. The predicted molar refractivity (Wildman–Crippen MR) is 102 cm³/mol. The van der Waals surface area contributed by atoms with Crippen LogP contribution in [0.15, 0.2) is 24.5 Å². The molecule has 4 rings (SSSR count). The molecule has 3 heterocycles. The molecule has 1 spiro atoms. The highest BCUT2D eigenvalue weighted by molar-refractivity contribution is 5.30. The number of anilines is 1. The van der Waals surface area contributed by atoms with E-state index in [0.29, 0.717) is 5.41 Å². The first-order valence-electron chi connectivity index (χ1n) is 9.84. The van der Waals surface area contributed by atoms with Crippen molar-refractivity contribution in [3.8, 4) is 0 Å². The summed E-state index contributed by atoms with van der Waals surface area (Å²) < 4.78 is 0. The molecule has 136 valence electrons. The highest BCUT2D eigenvalue weighted by atomic mass is 15.3. The first-order valence-corrected chi connectivity index (χ1v) is 9.84. The molecule has 2 aliphatic heterocycles. The van der Waals surface area contributed by atoms with E-state index in [1.54, 1.807) is 0 Å². The van der Waals surface area contributed by atoms with Crippen LogP contribution in [0.3, 0.4) is 0 Å². The Morgan fingerprint density at radius 1 is 1.00 bits per heavy atom. The Kier molecular flexibility index (Phi) is 5.04. The highest BCUT2D eigenvalue weighted by Crippen LogP contribution is 2.41. The maximum Gasteiger partial charge on any atom is 0.225 e. The Hall–Kier alpha value is -1.46. The van der Waals surface area contributed by atoms with Gasteiger partial charge in [-0.1, -0.05) is 12.2 Å². The number of allylic oxidation sites excluding steroid dienone is 2. The van der Waals surface area contributed by atoms with Gasteiger partial charge in [-0.15, -0.1) is 0 Å². The van der Waals surface area contributed by atoms with Crippen molar-refractivity contribution < 1.29 is 0 Å². The van der Waals surface area contributed by atoms with Crippen LogP contribution < -0.4 is 4.90 Å². The van der Waals surface area contributed by atoms with Crippen molar-refractivity contribution in [3.05, 3.63) is 30.1 Å². The molecule has 3 aliphatic rings. The molecule has 0 N–H and O–H groups in total. The minimum Gasteiger partial charge on any atom is -0.338 e. The summed E-state index contributed by atoms with van der Waals surface area (Å²) in [6.07, 6.45) is 15.5. The molecule has 2 fully saturated rings. The Labute approximate surface area is 151 Å². The lowest BCUT2D eigenvalue weighted by Crippen LogP contribution is -2.45. The van der Waals surface area contributed by atoms with Gasteiger partial charge in [-0.3, -0.25) is 4.90 Å². The molecular formula is C20H31N5. The summed E-state index contributed by atoms with van der Waals surface area (Å²) in [5, 5.41) is 0. The van der Waals surface area contributed by atoms with Crippen molar-refractivity contribution in [2.45, 2.75) is 38.6 Å². The van der Waals surface area contributed by atoms with Gasteiger partial charge in [0, 0.05) is 57.2 Å². The fraction of sp³-hybridized carbons (Fsp3) is 0.700. The number of piperazine rings is 1. The zero-order valence-corrected chi connectivity index (χ0v) is 15.5. The van der Waals surface area contributed by atoms with E-state index >= 15 is 0 Å². The number of hydrogen-bond donors (Lipinski definition) is 0. The Balaban J connectivity index is 1.35. The third kappa shape index (κ3) is 4.04. The van der Waals surface area contributed by atoms with Crippen LogP contribution in [-0.4, -0.2) is 66.1 Å². The van der Waals surface area contributed by atoms with Crippen molar-refractivity contribution in [1.29, 1.82) is 0 Å². The number of piperidine rings is 1. The summed E-state index contributed by atoms with van der Waals surface area (Å²) in [5.74, 6) is 0.893. The molecule has 0 bridgehead atoms. The van der Waals surface area contributed by atoms with Crippen molar-refractivity contribution >= 4 is 5.95 Å². The number of likely N-dealkylation sites (N-methyl/N-ethyl adjacent to an activating group) is 1. The van der Waals surface area contributed by atoms with Crippen LogP contribution in [0.2, 0.25) is 0 Å². The van der Waals surface area contributed by atoms with Gasteiger partial charge in [0.25, 0.3) is 0 Å². The zero-order valence-electron chi connectivity index (χ0n) is 15.5. The van der Waals surface area contributed by atoms with Gasteiger partial charge in [-0.25, -0.2) is 9.97 Å². The fourth-order valence-corrected chi connectivity index (χ4v) is 4.62. The fourth-order valence-electron chi connectivity index (χ4n) is 4.62. The van der Waals surface area contributed by atoms with E-state index in [1.165, 1.54) is 50.8 Å². The summed E-state index contributed by atoms with van der Waals surface area (Å²) in [4.78, 5) is 16.6. The van der Waals surface area contributed by atoms with E-state index in [4.69, 9.17) is 0 Å². The van der Waals surface area contributed by atoms with E-state index in [2.05, 4.69) is 43.9 Å². The largest absolute Gasteiger partial charge is 0.338 e. The lowest BCUT2D eigenvalue weighted by atomic mass is 9.71. The Morgan fingerprint density at radius 3 is 2.52 bits per heavy atom. The molecule has 1 atom stereocenters. The van der Waals surface area contributed by atoms with Gasteiger partial charge in [0.05, 0.1) is 0 Å². The van der Waals surface area contributed by atoms with Crippen LogP contribution in [0.1, 0.15) is 37.7 Å². The molecular weight excluding hydrogens is 310 g/mol. The number of rotatable bonds is 3.